The van der Waals surface area contributed by atoms with E-state index in [0.717, 1.165) is 190 Å². The molecule has 145 heavy (non-hydrogen) atoms. The van der Waals surface area contributed by atoms with Crippen LogP contribution >= 0.6 is 0 Å². The van der Waals surface area contributed by atoms with Crippen LogP contribution in [0.15, 0.2) is 218 Å². The molecule has 8 aliphatic heterocycles. The van der Waals surface area contributed by atoms with Crippen molar-refractivity contribution in [3.63, 3.8) is 0 Å². The summed E-state index contributed by atoms with van der Waals surface area (Å²) in [6.07, 6.45) is 3.36. The van der Waals surface area contributed by atoms with E-state index in [1.807, 2.05) is 135 Å². The number of carbonyl (C=O) groups excluding carboxylic acids is 1. The SMILES string of the molecule is [C-]#[N+]c1ccc(Oc2ccc3c(c2)COB3O)c(CCNC)c1.[C-]#[N+]c1ccc(Oc2ccc3c(c2)COB3O)c(CN)c1.[C-]#[N+]c1ccc(Oc2ccc3c(c2)COB3O)c(CN2CCC(N)CC2)c1.[C-]#[N+]c1ccc(Oc2ccc3c(c2)COB3O)c(CN2CCOCC2)c1.[C-]#[N+]c1ccc(Oc2ccc3c(c2)COB3O)c(CNC=O)c1.[C-]#[N+]c1ccc(Oc2ccc3c(c2)COB3O)c(OCCN(C)C)c1. The van der Waals surface area contributed by atoms with E-state index in [1.54, 1.807) is 109 Å². The van der Waals surface area contributed by atoms with Gasteiger partial charge in [0, 0.05) is 57.4 Å². The minimum Gasteiger partial charge on any atom is -0.490 e. The Bertz CT molecular complexity index is 6890. The average molecular weight is 1950 g/mol. The molecule has 0 radical (unpaired) electrons. The molecule has 2 fully saturated rings. The van der Waals surface area contributed by atoms with Gasteiger partial charge in [0.1, 0.15) is 69.9 Å². The number of fused-ring (bicyclic) bond motifs is 6. The number of likely N-dealkylation sites (N-methyl/N-ethyl adjacent to an activating group) is 2. The first-order valence-corrected chi connectivity index (χ1v) is 46.8. The second-order valence-electron chi connectivity index (χ2n) is 34.7. The van der Waals surface area contributed by atoms with Crippen LogP contribution in [0, 0.1) is 39.4 Å². The quantitative estimate of drug-likeness (QED) is 0.0130. The number of carbonyl (C=O) groups is 1. The summed E-state index contributed by atoms with van der Waals surface area (Å²) in [6.45, 7) is 54.4. The number of morpholine rings is 1. The Morgan fingerprint density at radius 3 is 1.00 bits per heavy atom. The van der Waals surface area contributed by atoms with Crippen LogP contribution < -0.4 is 88.0 Å². The number of piperidine rings is 1. The van der Waals surface area contributed by atoms with Crippen LogP contribution in [0.4, 0.5) is 34.1 Å². The molecule has 732 valence electrons. The van der Waals surface area contributed by atoms with Crippen LogP contribution in [-0.2, 0) is 110 Å². The van der Waals surface area contributed by atoms with Crippen molar-refractivity contribution in [2.75, 3.05) is 80.2 Å². The molecular formula is C105H103B6N13O21. The Labute approximate surface area is 843 Å². The van der Waals surface area contributed by atoms with E-state index >= 15 is 0 Å². The third-order valence-corrected chi connectivity index (χ3v) is 24.5. The molecule has 0 atom stereocenters. The number of hydrogen-bond acceptors (Lipinski definition) is 27. The molecule has 8 aliphatic rings. The number of hydrogen-bond donors (Lipinski definition) is 10. The van der Waals surface area contributed by atoms with Gasteiger partial charge in [-0.25, -0.2) is 29.1 Å². The molecule has 0 unspecified atom stereocenters. The summed E-state index contributed by atoms with van der Waals surface area (Å²) in [5, 5.41) is 63.8. The highest BCUT2D eigenvalue weighted by molar-refractivity contribution is 6.63. The molecule has 8 heterocycles. The molecule has 12 aromatic rings. The fourth-order valence-corrected chi connectivity index (χ4v) is 16.7. The lowest BCUT2D eigenvalue weighted by atomic mass is 9.79. The van der Waals surface area contributed by atoms with Crippen LogP contribution in [0.1, 0.15) is 74.0 Å². The van der Waals surface area contributed by atoms with Crippen LogP contribution in [-0.4, -0.2) is 180 Å². The fourth-order valence-electron chi connectivity index (χ4n) is 16.7. The number of benzene rings is 12. The zero-order valence-electron chi connectivity index (χ0n) is 79.9. The first-order chi connectivity index (χ1) is 70.5. The zero-order valence-corrected chi connectivity index (χ0v) is 79.9. The van der Waals surface area contributed by atoms with Gasteiger partial charge >= 0.3 is 42.7 Å². The van der Waals surface area contributed by atoms with Crippen molar-refractivity contribution in [1.82, 2.24) is 25.3 Å². The predicted octanol–water partition coefficient (Wildman–Crippen LogP) is 11.6. The van der Waals surface area contributed by atoms with Crippen molar-refractivity contribution in [3.8, 4) is 74.7 Å². The molecule has 12 N–H and O–H groups in total. The molecular weight excluding hydrogens is 1840 g/mol. The summed E-state index contributed by atoms with van der Waals surface area (Å²) >= 11 is 0. The summed E-state index contributed by atoms with van der Waals surface area (Å²) in [7, 11) is 0.674. The number of nitrogens with two attached hydrogens (primary N) is 2. The number of nitrogens with one attached hydrogen (secondary N) is 2. The maximum atomic E-state index is 10.5. The Kier molecular flexibility index (Phi) is 36.8. The minimum atomic E-state index is -0.885. The van der Waals surface area contributed by atoms with Crippen LogP contribution in [0.2, 0.25) is 0 Å². The lowest BCUT2D eigenvalue weighted by Crippen LogP contribution is -2.39. The van der Waals surface area contributed by atoms with Crippen LogP contribution in [0.5, 0.6) is 74.7 Å². The third-order valence-electron chi connectivity index (χ3n) is 24.5. The van der Waals surface area contributed by atoms with E-state index in [2.05, 4.69) is 49.5 Å². The van der Waals surface area contributed by atoms with Gasteiger partial charge in [0.25, 0.3) is 0 Å². The van der Waals surface area contributed by atoms with E-state index in [9.17, 15) is 34.9 Å². The van der Waals surface area contributed by atoms with E-state index in [4.69, 9.17) is 117 Å². The van der Waals surface area contributed by atoms with Gasteiger partial charge in [-0.15, -0.1) is 0 Å². The molecule has 2 saturated heterocycles. The van der Waals surface area contributed by atoms with Crippen molar-refractivity contribution in [3.05, 3.63) is 348 Å². The second kappa shape index (κ2) is 51.0. The van der Waals surface area contributed by atoms with Crippen molar-refractivity contribution in [2.24, 2.45) is 11.5 Å². The summed E-state index contributed by atoms with van der Waals surface area (Å²) in [5.74, 6) is 8.47. The highest BCUT2D eigenvalue weighted by Crippen LogP contribution is 2.40. The topological polar surface area (TPSA) is 380 Å². The van der Waals surface area contributed by atoms with E-state index in [1.165, 1.54) is 0 Å². The first kappa shape index (κ1) is 105. The molecule has 0 aliphatic carbocycles. The predicted molar refractivity (Wildman–Crippen MR) is 551 cm³/mol. The molecule has 0 aromatic heterocycles. The molecule has 0 saturated carbocycles. The Morgan fingerprint density at radius 1 is 0.386 bits per heavy atom. The number of nitrogens with zero attached hydrogens (tertiary/aromatic N) is 9. The van der Waals surface area contributed by atoms with Crippen LogP contribution in [0.3, 0.4) is 0 Å². The van der Waals surface area contributed by atoms with Gasteiger partial charge in [-0.3, -0.25) is 14.6 Å². The van der Waals surface area contributed by atoms with Crippen molar-refractivity contribution in [1.29, 1.82) is 0 Å². The zero-order chi connectivity index (χ0) is 102. The van der Waals surface area contributed by atoms with Gasteiger partial charge in [-0.2, -0.15) is 0 Å². The molecule has 12 aromatic carbocycles. The van der Waals surface area contributed by atoms with E-state index in [0.29, 0.717) is 156 Å². The van der Waals surface area contributed by atoms with Gasteiger partial charge in [0.15, 0.2) is 45.6 Å². The van der Waals surface area contributed by atoms with Crippen molar-refractivity contribution in [2.45, 2.75) is 91.1 Å². The average Bonchev–Trinajstić information content (AvgIpc) is 1.75. The summed E-state index contributed by atoms with van der Waals surface area (Å²) in [6, 6.07) is 64.9. The highest BCUT2D eigenvalue weighted by atomic mass is 16.6. The molecule has 34 nitrogen and oxygen atoms in total. The number of amides is 1. The number of likely N-dealkylation sites (tertiary alicyclic amines) is 1. The lowest BCUT2D eigenvalue weighted by Gasteiger charge is -2.30. The molecule has 40 heteroatoms. The standard InChI is InChI=1S/C20H22BN3O3.C19H19BN2O4.C18H19BN2O4.C17H17BN2O3.C16H13BN2O4.C15H13BN2O3/c1-23-17-2-5-20(14(10-17)12-24-8-6-16(22)7-9-24)27-18-3-4-19-15(11-18)13-26-21(19)25;1-21-16-2-5-19(14(10-16)12-22-6-8-24-9-7-22)26-17-3-4-18-15(11-17)13-25-20(18)23;1-20-14-4-7-17(18(11-14)23-9-8-21(2)3)25-15-5-6-16-13(10-15)12-24-19(16)22;1-19-8-7-12-9-14(20-2)3-6-17(12)23-15-4-5-16-13(10-15)11-22-18(16)21;1-18-13-2-5-16(11(6-13)8-19-10-20)23-14-3-4-15-12(7-14)9-22-17(15)21;1-18-12-2-5-15(10(6-12)8-17)21-13-3-4-14-11(7-13)9-20-16(14)19/h2-5,10-11,16,25H,6-9,12-13,22H2;2-5,10-11,23H,6-9,12-13H2;4-7,10-11,22H,8-9,12H2,2-3H3;3-6,9-10,19,21H,7-8,11H2,1H3;2-7,10,21H,8-9H2,(H,19,20);2-7,19H,8-9,17H2. The Morgan fingerprint density at radius 2 is 0.676 bits per heavy atom. The largest absolute Gasteiger partial charge is 0.491 e. The first-order valence-electron chi connectivity index (χ1n) is 46.8. The Balaban J connectivity index is 0.000000131. The van der Waals surface area contributed by atoms with E-state index < -0.39 is 42.7 Å². The van der Waals surface area contributed by atoms with Crippen molar-refractivity contribution < 1.29 is 101 Å². The summed E-state index contributed by atoms with van der Waals surface area (Å²) in [4.78, 5) is 37.9. The molecule has 20 rings (SSSR count). The molecule has 1 amide bonds. The maximum absolute atomic E-state index is 10.5. The van der Waals surface area contributed by atoms with Crippen LogP contribution in [0.25, 0.3) is 29.1 Å². The summed E-state index contributed by atoms with van der Waals surface area (Å²) < 4.78 is 78.3. The molecule has 0 spiro atoms. The van der Waals surface area contributed by atoms with E-state index in [-0.39, 0.29) is 12.6 Å². The van der Waals surface area contributed by atoms with Gasteiger partial charge < -0.3 is 123 Å². The fraction of sp³-hybridized carbons (Fsp3) is 0.248. The normalized spacial score (nSPS) is 14.4. The van der Waals surface area contributed by atoms with Crippen molar-refractivity contribution >= 4 is 116 Å². The van der Waals surface area contributed by atoms with Gasteiger partial charge in [-0.05, 0) is 294 Å². The van der Waals surface area contributed by atoms with Gasteiger partial charge in [0.2, 0.25) is 6.41 Å². The smallest absolute Gasteiger partial charge is 0.490 e. The maximum Gasteiger partial charge on any atom is 0.491 e. The van der Waals surface area contributed by atoms with Gasteiger partial charge in [-0.1, -0.05) is 72.8 Å². The molecule has 0 bridgehead atoms. The minimum absolute atomic E-state index is 0.273. The number of rotatable bonds is 27. The Hall–Kier alpha value is -14.7. The number of ether oxygens (including phenoxy) is 8. The highest BCUT2D eigenvalue weighted by Gasteiger charge is 2.34. The monoisotopic (exact) mass is 1950 g/mol. The lowest BCUT2D eigenvalue weighted by molar-refractivity contribution is -0.109. The van der Waals surface area contributed by atoms with Gasteiger partial charge in [0.05, 0.1) is 92.3 Å². The summed E-state index contributed by atoms with van der Waals surface area (Å²) in [5.41, 5.74) is 29.6. The second-order valence-corrected chi connectivity index (χ2v) is 34.7. The third kappa shape index (κ3) is 28.0.